The number of carbonyl (C=O) groups excluding carboxylic acids is 1. The van der Waals surface area contributed by atoms with Crippen LogP contribution in [0.4, 0.5) is 5.95 Å². The van der Waals surface area contributed by atoms with Crippen LogP contribution in [0.25, 0.3) is 0 Å². The summed E-state index contributed by atoms with van der Waals surface area (Å²) < 4.78 is 16.3. The van der Waals surface area contributed by atoms with Crippen molar-refractivity contribution < 1.29 is 19.0 Å². The highest BCUT2D eigenvalue weighted by atomic mass is 16.7. The largest absolute Gasteiger partial charge is 0.383 e. The van der Waals surface area contributed by atoms with Crippen LogP contribution in [-0.4, -0.2) is 68.2 Å². The molecule has 0 saturated carbocycles. The van der Waals surface area contributed by atoms with E-state index in [2.05, 4.69) is 20.2 Å². The van der Waals surface area contributed by atoms with Crippen LogP contribution in [-0.2, 0) is 14.2 Å². The van der Waals surface area contributed by atoms with E-state index in [1.165, 1.54) is 0 Å². The van der Waals surface area contributed by atoms with E-state index in [1.54, 1.807) is 19.4 Å². The van der Waals surface area contributed by atoms with E-state index in [1.807, 2.05) is 0 Å². The lowest BCUT2D eigenvalue weighted by Crippen LogP contribution is -2.45. The summed E-state index contributed by atoms with van der Waals surface area (Å²) in [5, 5.41) is 2.76. The lowest BCUT2D eigenvalue weighted by Gasteiger charge is -2.37. The van der Waals surface area contributed by atoms with Crippen molar-refractivity contribution in [1.82, 2.24) is 15.3 Å². The number of carbonyl (C=O) groups is 1. The molecule has 1 aromatic rings. The fourth-order valence-electron chi connectivity index (χ4n) is 2.82. The SMILES string of the molecule is COCCNC(=O)c1ccnc(N2CCC3(CC2)OCCO3)n1. The molecule has 3 heterocycles. The lowest BCUT2D eigenvalue weighted by molar-refractivity contribution is -0.169. The Hall–Kier alpha value is -1.77. The monoisotopic (exact) mass is 322 g/mol. The molecule has 0 unspecified atom stereocenters. The molecule has 8 heteroatoms. The number of piperidine rings is 1. The number of hydrogen-bond donors (Lipinski definition) is 1. The number of anilines is 1. The molecule has 0 bridgehead atoms. The van der Waals surface area contributed by atoms with E-state index < -0.39 is 5.79 Å². The van der Waals surface area contributed by atoms with Gasteiger partial charge in [0, 0.05) is 45.8 Å². The molecule has 23 heavy (non-hydrogen) atoms. The maximum absolute atomic E-state index is 12.0. The Morgan fingerprint density at radius 3 is 2.83 bits per heavy atom. The standard InChI is InChI=1S/C15H22N4O4/c1-21-9-6-16-13(20)12-2-5-17-14(18-12)19-7-3-15(4-8-19)22-10-11-23-15/h2,5H,3-4,6-11H2,1H3,(H,16,20). The number of nitrogens with one attached hydrogen (secondary N) is 1. The second-order valence-electron chi connectivity index (χ2n) is 5.59. The van der Waals surface area contributed by atoms with E-state index in [9.17, 15) is 4.79 Å². The van der Waals surface area contributed by atoms with Crippen molar-refractivity contribution >= 4 is 11.9 Å². The Kier molecular flexibility index (Phi) is 5.04. The van der Waals surface area contributed by atoms with Gasteiger partial charge in [-0.2, -0.15) is 0 Å². The molecular formula is C15H22N4O4. The highest BCUT2D eigenvalue weighted by molar-refractivity contribution is 5.92. The smallest absolute Gasteiger partial charge is 0.270 e. The zero-order chi connectivity index (χ0) is 16.1. The Balaban J connectivity index is 1.60. The van der Waals surface area contributed by atoms with Crippen LogP contribution in [0.1, 0.15) is 23.3 Å². The van der Waals surface area contributed by atoms with Gasteiger partial charge in [-0.1, -0.05) is 0 Å². The van der Waals surface area contributed by atoms with Gasteiger partial charge in [-0.3, -0.25) is 4.79 Å². The fraction of sp³-hybridized carbons (Fsp3) is 0.667. The average molecular weight is 322 g/mol. The van der Waals surface area contributed by atoms with Crippen molar-refractivity contribution in [3.05, 3.63) is 18.0 Å². The summed E-state index contributed by atoms with van der Waals surface area (Å²) in [6, 6.07) is 1.61. The van der Waals surface area contributed by atoms with Gasteiger partial charge in [-0.25, -0.2) is 9.97 Å². The minimum atomic E-state index is -0.425. The van der Waals surface area contributed by atoms with Crippen molar-refractivity contribution in [3.63, 3.8) is 0 Å². The molecular weight excluding hydrogens is 300 g/mol. The van der Waals surface area contributed by atoms with Gasteiger partial charge in [0.1, 0.15) is 5.69 Å². The summed E-state index contributed by atoms with van der Waals surface area (Å²) in [5.41, 5.74) is 0.361. The van der Waals surface area contributed by atoms with Crippen LogP contribution in [0.15, 0.2) is 12.3 Å². The molecule has 2 aliphatic heterocycles. The Morgan fingerprint density at radius 2 is 2.13 bits per heavy atom. The minimum absolute atomic E-state index is 0.221. The van der Waals surface area contributed by atoms with Crippen LogP contribution in [0, 0.1) is 0 Å². The van der Waals surface area contributed by atoms with Crippen molar-refractivity contribution in [2.45, 2.75) is 18.6 Å². The van der Waals surface area contributed by atoms with Gasteiger partial charge in [0.15, 0.2) is 5.79 Å². The quantitative estimate of drug-likeness (QED) is 0.775. The zero-order valence-electron chi connectivity index (χ0n) is 13.3. The predicted molar refractivity (Wildman–Crippen MR) is 82.3 cm³/mol. The molecule has 2 saturated heterocycles. The number of rotatable bonds is 5. The van der Waals surface area contributed by atoms with Crippen molar-refractivity contribution in [2.24, 2.45) is 0 Å². The molecule has 1 aromatic heterocycles. The van der Waals surface area contributed by atoms with Gasteiger partial charge < -0.3 is 24.4 Å². The highest BCUT2D eigenvalue weighted by Gasteiger charge is 2.40. The number of amides is 1. The van der Waals surface area contributed by atoms with E-state index in [0.29, 0.717) is 38.0 Å². The molecule has 8 nitrogen and oxygen atoms in total. The van der Waals surface area contributed by atoms with E-state index in [4.69, 9.17) is 14.2 Å². The normalized spacial score (nSPS) is 20.0. The molecule has 126 valence electrons. The third kappa shape index (κ3) is 3.77. The van der Waals surface area contributed by atoms with Gasteiger partial charge in [0.2, 0.25) is 5.95 Å². The minimum Gasteiger partial charge on any atom is -0.383 e. The topological polar surface area (TPSA) is 85.8 Å². The first-order valence-corrected chi connectivity index (χ1v) is 7.85. The molecule has 0 radical (unpaired) electrons. The van der Waals surface area contributed by atoms with Crippen LogP contribution < -0.4 is 10.2 Å². The third-order valence-electron chi connectivity index (χ3n) is 4.09. The van der Waals surface area contributed by atoms with Crippen LogP contribution in [0.2, 0.25) is 0 Å². The van der Waals surface area contributed by atoms with E-state index in [-0.39, 0.29) is 5.91 Å². The Labute approximate surface area is 135 Å². The predicted octanol–water partition coefficient (Wildman–Crippen LogP) is 0.196. The maximum atomic E-state index is 12.0. The van der Waals surface area contributed by atoms with Gasteiger partial charge in [0.05, 0.1) is 19.8 Å². The van der Waals surface area contributed by atoms with E-state index >= 15 is 0 Å². The molecule has 0 aliphatic carbocycles. The number of aromatic nitrogens is 2. The number of nitrogens with zero attached hydrogens (tertiary/aromatic N) is 3. The Morgan fingerprint density at radius 1 is 1.39 bits per heavy atom. The number of hydrogen-bond acceptors (Lipinski definition) is 7. The summed E-state index contributed by atoms with van der Waals surface area (Å²) in [5.74, 6) is -0.0788. The van der Waals surface area contributed by atoms with Gasteiger partial charge >= 0.3 is 0 Å². The third-order valence-corrected chi connectivity index (χ3v) is 4.09. The second-order valence-corrected chi connectivity index (χ2v) is 5.59. The zero-order valence-corrected chi connectivity index (χ0v) is 13.3. The van der Waals surface area contributed by atoms with Crippen LogP contribution in [0.3, 0.4) is 0 Å². The molecule has 1 amide bonds. The van der Waals surface area contributed by atoms with Gasteiger partial charge in [-0.05, 0) is 6.07 Å². The summed E-state index contributed by atoms with van der Waals surface area (Å²) in [7, 11) is 1.59. The van der Waals surface area contributed by atoms with Crippen molar-refractivity contribution in [1.29, 1.82) is 0 Å². The maximum Gasteiger partial charge on any atom is 0.270 e. The second kappa shape index (κ2) is 7.20. The fourth-order valence-corrected chi connectivity index (χ4v) is 2.82. The van der Waals surface area contributed by atoms with E-state index in [0.717, 1.165) is 25.9 Å². The summed E-state index contributed by atoms with van der Waals surface area (Å²) >= 11 is 0. The molecule has 0 aromatic carbocycles. The summed E-state index contributed by atoms with van der Waals surface area (Å²) in [6.45, 7) is 3.73. The first-order chi connectivity index (χ1) is 11.2. The molecule has 3 rings (SSSR count). The van der Waals surface area contributed by atoms with Crippen molar-refractivity contribution in [3.8, 4) is 0 Å². The van der Waals surface area contributed by atoms with Gasteiger partial charge in [0.25, 0.3) is 5.91 Å². The summed E-state index contributed by atoms with van der Waals surface area (Å²) in [6.07, 6.45) is 3.17. The van der Waals surface area contributed by atoms with Crippen LogP contribution >= 0.6 is 0 Å². The van der Waals surface area contributed by atoms with Gasteiger partial charge in [-0.15, -0.1) is 0 Å². The number of ether oxygens (including phenoxy) is 3. The first-order valence-electron chi connectivity index (χ1n) is 7.85. The van der Waals surface area contributed by atoms with Crippen molar-refractivity contribution in [2.75, 3.05) is 51.5 Å². The average Bonchev–Trinajstić information content (AvgIpc) is 3.04. The summed E-state index contributed by atoms with van der Waals surface area (Å²) in [4.78, 5) is 22.8. The lowest BCUT2D eigenvalue weighted by atomic mass is 10.0. The Bertz CT molecular complexity index is 538. The molecule has 1 spiro atoms. The molecule has 1 N–H and O–H groups in total. The molecule has 2 aliphatic rings. The molecule has 2 fully saturated rings. The molecule has 0 atom stereocenters. The highest BCUT2D eigenvalue weighted by Crippen LogP contribution is 2.32. The van der Waals surface area contributed by atoms with Crippen LogP contribution in [0.5, 0.6) is 0 Å². The number of methoxy groups -OCH3 is 1. The first kappa shape index (κ1) is 16.1.